The number of H-pyrrole nitrogens is 1. The van der Waals surface area contributed by atoms with Gasteiger partial charge in [0.15, 0.2) is 0 Å². The van der Waals surface area contributed by atoms with Crippen LogP contribution in [0.15, 0.2) is 35.5 Å². The largest absolute Gasteiger partial charge is 0.402 e. The number of nitrogens with two attached hydrogens (primary N) is 1. The van der Waals surface area contributed by atoms with Crippen molar-refractivity contribution in [2.24, 2.45) is 11.1 Å². The first-order valence-corrected chi connectivity index (χ1v) is 10.5. The predicted octanol–water partition coefficient (Wildman–Crippen LogP) is 3.39. The molecule has 1 atom stereocenters. The number of hydrogen-bond acceptors (Lipinski definition) is 4. The number of fused-ring (bicyclic) bond motifs is 1. The topological polar surface area (TPSA) is 98.0 Å². The van der Waals surface area contributed by atoms with Crippen molar-refractivity contribution in [1.82, 2.24) is 15.2 Å². The molecule has 154 valence electrons. The number of aromatic nitrogens is 1. The molecular weight excluding hydrogens is 362 g/mol. The standard InChI is InChI=1S/C23H31N5O/c1-14-13-28(9-8-26-14)22(29)16-5-4-15-10-20(27-19(15)11-16)21(25)17-6-7-23(2,3)12-18(17)24/h4-5,10-11,14,25-27H,6-9,12-13,24H2,1-3H3. The van der Waals surface area contributed by atoms with Gasteiger partial charge in [-0.2, -0.15) is 0 Å². The number of rotatable bonds is 3. The van der Waals surface area contributed by atoms with E-state index in [0.717, 1.165) is 66.8 Å². The predicted molar refractivity (Wildman–Crippen MR) is 117 cm³/mol. The van der Waals surface area contributed by atoms with Crippen LogP contribution in [-0.2, 0) is 0 Å². The lowest BCUT2D eigenvalue weighted by Crippen LogP contribution is -2.51. The molecule has 0 saturated carbocycles. The molecule has 1 aromatic carbocycles. The van der Waals surface area contributed by atoms with Crippen LogP contribution < -0.4 is 11.1 Å². The lowest BCUT2D eigenvalue weighted by molar-refractivity contribution is 0.0709. The number of nitrogens with zero attached hydrogens (tertiary/aromatic N) is 1. The maximum Gasteiger partial charge on any atom is 0.254 e. The molecule has 6 nitrogen and oxygen atoms in total. The highest BCUT2D eigenvalue weighted by Gasteiger charge is 2.28. The van der Waals surface area contributed by atoms with Crippen molar-refractivity contribution in [3.8, 4) is 0 Å². The number of aromatic amines is 1. The minimum atomic E-state index is 0.0629. The average molecular weight is 394 g/mol. The Balaban J connectivity index is 1.59. The number of hydrogen-bond donors (Lipinski definition) is 4. The minimum absolute atomic E-state index is 0.0629. The number of carbonyl (C=O) groups is 1. The Hall–Kier alpha value is -2.60. The Morgan fingerprint density at radius 3 is 2.83 bits per heavy atom. The van der Waals surface area contributed by atoms with Crippen LogP contribution in [0.4, 0.5) is 0 Å². The summed E-state index contributed by atoms with van der Waals surface area (Å²) in [6.07, 6.45) is 2.69. The van der Waals surface area contributed by atoms with Crippen LogP contribution in [0.5, 0.6) is 0 Å². The Morgan fingerprint density at radius 2 is 2.10 bits per heavy atom. The molecule has 1 fully saturated rings. The van der Waals surface area contributed by atoms with Gasteiger partial charge in [-0.3, -0.25) is 10.2 Å². The summed E-state index contributed by atoms with van der Waals surface area (Å²) in [7, 11) is 0. The molecule has 0 spiro atoms. The normalized spacial score (nSPS) is 22.2. The van der Waals surface area contributed by atoms with E-state index < -0.39 is 0 Å². The zero-order valence-electron chi connectivity index (χ0n) is 17.6. The first-order chi connectivity index (χ1) is 13.7. The summed E-state index contributed by atoms with van der Waals surface area (Å²) < 4.78 is 0. The molecule has 4 rings (SSSR count). The quantitative estimate of drug-likeness (QED) is 0.602. The van der Waals surface area contributed by atoms with E-state index in [4.69, 9.17) is 11.1 Å². The van der Waals surface area contributed by atoms with Gasteiger partial charge in [0.25, 0.3) is 5.91 Å². The van der Waals surface area contributed by atoms with Crippen molar-refractivity contribution in [2.75, 3.05) is 19.6 Å². The Morgan fingerprint density at radius 1 is 1.31 bits per heavy atom. The number of piperazine rings is 1. The van der Waals surface area contributed by atoms with Gasteiger partial charge in [-0.15, -0.1) is 0 Å². The molecule has 1 saturated heterocycles. The van der Waals surface area contributed by atoms with E-state index in [-0.39, 0.29) is 11.3 Å². The molecule has 1 aliphatic heterocycles. The van der Waals surface area contributed by atoms with E-state index >= 15 is 0 Å². The third-order valence-corrected chi connectivity index (χ3v) is 6.20. The second-order valence-corrected chi connectivity index (χ2v) is 9.31. The Bertz CT molecular complexity index is 1000. The second kappa shape index (κ2) is 7.34. The van der Waals surface area contributed by atoms with Crippen molar-refractivity contribution >= 4 is 22.5 Å². The zero-order chi connectivity index (χ0) is 20.8. The molecule has 2 aromatic rings. The highest BCUT2D eigenvalue weighted by atomic mass is 16.2. The van der Waals surface area contributed by atoms with Gasteiger partial charge in [0.2, 0.25) is 0 Å². The highest BCUT2D eigenvalue weighted by Crippen LogP contribution is 2.37. The van der Waals surface area contributed by atoms with Gasteiger partial charge in [0.1, 0.15) is 0 Å². The Labute approximate surface area is 172 Å². The molecule has 0 radical (unpaired) electrons. The van der Waals surface area contributed by atoms with Crippen molar-refractivity contribution in [2.45, 2.75) is 46.1 Å². The highest BCUT2D eigenvalue weighted by molar-refractivity contribution is 6.12. The van der Waals surface area contributed by atoms with Gasteiger partial charge in [0, 0.05) is 47.8 Å². The fourth-order valence-corrected chi connectivity index (χ4v) is 4.48. The SMILES string of the molecule is CC1CN(C(=O)c2ccc3cc(C(=N)C4=C(N)CC(C)(C)CC4)[nH]c3c2)CCN1. The number of carbonyl (C=O) groups excluding carboxylic acids is 1. The second-order valence-electron chi connectivity index (χ2n) is 9.31. The smallest absolute Gasteiger partial charge is 0.254 e. The first kappa shape index (κ1) is 19.7. The van der Waals surface area contributed by atoms with Crippen molar-refractivity contribution in [3.63, 3.8) is 0 Å². The summed E-state index contributed by atoms with van der Waals surface area (Å²) in [5.41, 5.74) is 11.1. The monoisotopic (exact) mass is 393 g/mol. The molecule has 1 aliphatic carbocycles. The molecule has 1 amide bonds. The van der Waals surface area contributed by atoms with Gasteiger partial charge in [0.05, 0.1) is 11.4 Å². The summed E-state index contributed by atoms with van der Waals surface area (Å²) in [6, 6.07) is 8.05. The van der Waals surface area contributed by atoms with Crippen molar-refractivity contribution in [1.29, 1.82) is 5.41 Å². The fraction of sp³-hybridized carbons (Fsp3) is 0.478. The van der Waals surface area contributed by atoms with E-state index in [1.54, 1.807) is 0 Å². The van der Waals surface area contributed by atoms with Crippen LogP contribution in [0.1, 0.15) is 56.1 Å². The summed E-state index contributed by atoms with van der Waals surface area (Å²) in [5, 5.41) is 13.1. The number of benzene rings is 1. The summed E-state index contributed by atoms with van der Waals surface area (Å²) in [4.78, 5) is 18.1. The summed E-state index contributed by atoms with van der Waals surface area (Å²) in [5.74, 6) is 0.0629. The molecular formula is C23H31N5O. The third kappa shape index (κ3) is 3.94. The van der Waals surface area contributed by atoms with Gasteiger partial charge in [-0.1, -0.05) is 19.9 Å². The average Bonchev–Trinajstić information content (AvgIpc) is 3.09. The lowest BCUT2D eigenvalue weighted by Gasteiger charge is -2.32. The molecule has 29 heavy (non-hydrogen) atoms. The number of allylic oxidation sites excluding steroid dienone is 2. The van der Waals surface area contributed by atoms with Gasteiger partial charge < -0.3 is 20.9 Å². The molecule has 2 aliphatic rings. The van der Waals surface area contributed by atoms with Crippen LogP contribution in [-0.4, -0.2) is 47.2 Å². The number of amides is 1. The zero-order valence-corrected chi connectivity index (χ0v) is 17.6. The Kier molecular flexibility index (Phi) is 4.99. The van der Waals surface area contributed by atoms with Crippen molar-refractivity contribution < 1.29 is 4.79 Å². The molecule has 2 heterocycles. The van der Waals surface area contributed by atoms with Crippen LogP contribution in [0.2, 0.25) is 0 Å². The van der Waals surface area contributed by atoms with E-state index in [2.05, 4.69) is 31.1 Å². The molecule has 1 unspecified atom stereocenters. The van der Waals surface area contributed by atoms with Gasteiger partial charge in [-0.05, 0) is 55.4 Å². The van der Waals surface area contributed by atoms with E-state index in [9.17, 15) is 4.79 Å². The molecule has 1 aromatic heterocycles. The van der Waals surface area contributed by atoms with Crippen LogP contribution in [0, 0.1) is 10.8 Å². The lowest BCUT2D eigenvalue weighted by atomic mass is 9.75. The van der Waals surface area contributed by atoms with Crippen molar-refractivity contribution in [3.05, 3.63) is 46.8 Å². The van der Waals surface area contributed by atoms with Gasteiger partial charge >= 0.3 is 0 Å². The molecule has 0 bridgehead atoms. The fourth-order valence-electron chi connectivity index (χ4n) is 4.48. The maximum absolute atomic E-state index is 12.9. The molecule has 6 heteroatoms. The van der Waals surface area contributed by atoms with Crippen LogP contribution in [0.3, 0.4) is 0 Å². The van der Waals surface area contributed by atoms with E-state index in [1.807, 2.05) is 29.2 Å². The number of nitrogens with one attached hydrogen (secondary N) is 3. The van der Waals surface area contributed by atoms with Gasteiger partial charge in [-0.25, -0.2) is 0 Å². The third-order valence-electron chi connectivity index (χ3n) is 6.20. The maximum atomic E-state index is 12.9. The van der Waals surface area contributed by atoms with Crippen LogP contribution in [0.25, 0.3) is 10.9 Å². The summed E-state index contributed by atoms with van der Waals surface area (Å²) >= 11 is 0. The van der Waals surface area contributed by atoms with E-state index in [1.165, 1.54) is 0 Å². The van der Waals surface area contributed by atoms with Crippen LogP contribution >= 0.6 is 0 Å². The molecule has 5 N–H and O–H groups in total. The minimum Gasteiger partial charge on any atom is -0.402 e. The first-order valence-electron chi connectivity index (χ1n) is 10.5. The summed E-state index contributed by atoms with van der Waals surface area (Å²) in [6.45, 7) is 8.82. The van der Waals surface area contributed by atoms with E-state index in [0.29, 0.717) is 17.3 Å².